The summed E-state index contributed by atoms with van der Waals surface area (Å²) < 4.78 is 11.2. The van der Waals surface area contributed by atoms with Gasteiger partial charge in [-0.3, -0.25) is 0 Å². The van der Waals surface area contributed by atoms with Crippen LogP contribution >= 0.6 is 0 Å². The van der Waals surface area contributed by atoms with Gasteiger partial charge in [-0.2, -0.15) is 5.26 Å². The third-order valence-corrected chi connectivity index (χ3v) is 3.73. The van der Waals surface area contributed by atoms with Crippen LogP contribution in [-0.4, -0.2) is 41.9 Å². The topological polar surface area (TPSA) is 62.6 Å². The molecule has 0 aliphatic carbocycles. The zero-order chi connectivity index (χ0) is 14.1. The van der Waals surface area contributed by atoms with Gasteiger partial charge in [0.15, 0.2) is 0 Å². The molecule has 1 amide bonds. The number of hydrogen-bond acceptors (Lipinski definition) is 4. The van der Waals surface area contributed by atoms with E-state index >= 15 is 0 Å². The van der Waals surface area contributed by atoms with Crippen LogP contribution in [0.5, 0.6) is 0 Å². The molecule has 2 rings (SSSR count). The summed E-state index contributed by atoms with van der Waals surface area (Å²) in [6.07, 6.45) is 2.17. The zero-order valence-electron chi connectivity index (χ0n) is 11.9. The predicted molar refractivity (Wildman–Crippen MR) is 69.4 cm³/mol. The van der Waals surface area contributed by atoms with Crippen LogP contribution in [0.4, 0.5) is 4.79 Å². The van der Waals surface area contributed by atoms with Crippen LogP contribution in [0.1, 0.15) is 40.0 Å². The lowest BCUT2D eigenvalue weighted by Crippen LogP contribution is -2.53. The number of hydrogen-bond donors (Lipinski definition) is 0. The van der Waals surface area contributed by atoms with Crippen molar-refractivity contribution in [1.82, 2.24) is 4.90 Å². The fraction of sp³-hybridized carbons (Fsp3) is 0.857. The van der Waals surface area contributed by atoms with Crippen molar-refractivity contribution in [1.29, 1.82) is 5.26 Å². The summed E-state index contributed by atoms with van der Waals surface area (Å²) in [4.78, 5) is 13.8. The molecule has 1 spiro atoms. The molecule has 19 heavy (non-hydrogen) atoms. The molecule has 2 unspecified atom stereocenters. The standard InChI is InChI=1S/C14H22N2O3/c1-13(2,3)19-12(17)16-7-4-6-14(10-16)11(9-15)5-8-18-14/h11H,4-8,10H2,1-3H3. The zero-order valence-corrected chi connectivity index (χ0v) is 11.9. The molecule has 0 aromatic rings. The van der Waals surface area contributed by atoms with Crippen LogP contribution in [-0.2, 0) is 9.47 Å². The highest BCUT2D eigenvalue weighted by Gasteiger charge is 2.48. The van der Waals surface area contributed by atoms with E-state index in [-0.39, 0.29) is 12.0 Å². The molecule has 2 fully saturated rings. The average molecular weight is 266 g/mol. The summed E-state index contributed by atoms with van der Waals surface area (Å²) in [6.45, 7) is 7.33. The fourth-order valence-electron chi connectivity index (χ4n) is 2.86. The van der Waals surface area contributed by atoms with Crippen molar-refractivity contribution in [2.24, 2.45) is 5.92 Å². The van der Waals surface area contributed by atoms with E-state index in [1.54, 1.807) is 4.90 Å². The second kappa shape index (κ2) is 5.01. The molecule has 0 saturated carbocycles. The summed E-state index contributed by atoms with van der Waals surface area (Å²) in [7, 11) is 0. The largest absolute Gasteiger partial charge is 0.444 e. The first kappa shape index (κ1) is 14.1. The highest BCUT2D eigenvalue weighted by molar-refractivity contribution is 5.68. The van der Waals surface area contributed by atoms with Gasteiger partial charge in [0.1, 0.15) is 11.2 Å². The molecule has 0 aromatic carbocycles. The Bertz CT molecular complexity index is 396. The van der Waals surface area contributed by atoms with Crippen molar-refractivity contribution in [3.8, 4) is 6.07 Å². The molecule has 2 saturated heterocycles. The molecule has 106 valence electrons. The maximum Gasteiger partial charge on any atom is 0.410 e. The molecule has 2 aliphatic rings. The normalized spacial score (nSPS) is 31.3. The first-order valence-corrected chi connectivity index (χ1v) is 6.88. The van der Waals surface area contributed by atoms with Crippen molar-refractivity contribution in [2.75, 3.05) is 19.7 Å². The Hall–Kier alpha value is -1.28. The molecule has 0 aromatic heterocycles. The van der Waals surface area contributed by atoms with Gasteiger partial charge in [-0.05, 0) is 40.0 Å². The Balaban J connectivity index is 2.05. The Morgan fingerprint density at radius 3 is 2.89 bits per heavy atom. The SMILES string of the molecule is CC(C)(C)OC(=O)N1CCCC2(C1)OCCC2C#N. The lowest BCUT2D eigenvalue weighted by atomic mass is 9.82. The highest BCUT2D eigenvalue weighted by Crippen LogP contribution is 2.39. The van der Waals surface area contributed by atoms with Crippen LogP contribution in [0.25, 0.3) is 0 Å². The van der Waals surface area contributed by atoms with Gasteiger partial charge < -0.3 is 14.4 Å². The minimum Gasteiger partial charge on any atom is -0.444 e. The van der Waals surface area contributed by atoms with Crippen molar-refractivity contribution in [2.45, 2.75) is 51.2 Å². The molecule has 0 bridgehead atoms. The monoisotopic (exact) mass is 266 g/mol. The minimum absolute atomic E-state index is 0.113. The average Bonchev–Trinajstić information content (AvgIpc) is 2.69. The van der Waals surface area contributed by atoms with Gasteiger partial charge in [0.05, 0.1) is 18.5 Å². The molecule has 0 radical (unpaired) electrons. The van der Waals surface area contributed by atoms with Gasteiger partial charge in [0.25, 0.3) is 0 Å². The van der Waals surface area contributed by atoms with E-state index < -0.39 is 11.2 Å². The smallest absolute Gasteiger partial charge is 0.410 e. The number of likely N-dealkylation sites (tertiary alicyclic amines) is 1. The molecule has 0 N–H and O–H groups in total. The molecule has 2 atom stereocenters. The molecule has 2 heterocycles. The van der Waals surface area contributed by atoms with Crippen molar-refractivity contribution >= 4 is 6.09 Å². The second-order valence-electron chi connectivity index (χ2n) is 6.39. The Kier molecular flexibility index (Phi) is 3.73. The molecule has 5 heteroatoms. The van der Waals surface area contributed by atoms with Crippen LogP contribution in [0, 0.1) is 17.2 Å². The molecule has 5 nitrogen and oxygen atoms in total. The summed E-state index contributed by atoms with van der Waals surface area (Å²) >= 11 is 0. The van der Waals surface area contributed by atoms with Crippen LogP contribution in [0.15, 0.2) is 0 Å². The van der Waals surface area contributed by atoms with E-state index in [1.807, 2.05) is 20.8 Å². The number of piperidine rings is 1. The van der Waals surface area contributed by atoms with E-state index in [0.29, 0.717) is 19.7 Å². The lowest BCUT2D eigenvalue weighted by Gasteiger charge is -2.41. The summed E-state index contributed by atoms with van der Waals surface area (Å²) in [5.74, 6) is -0.113. The van der Waals surface area contributed by atoms with Gasteiger partial charge >= 0.3 is 6.09 Å². The number of nitrogens with zero attached hydrogens (tertiary/aromatic N) is 2. The van der Waals surface area contributed by atoms with E-state index in [0.717, 1.165) is 19.3 Å². The van der Waals surface area contributed by atoms with E-state index in [1.165, 1.54) is 0 Å². The van der Waals surface area contributed by atoms with Gasteiger partial charge in [-0.1, -0.05) is 0 Å². The van der Waals surface area contributed by atoms with E-state index in [2.05, 4.69) is 6.07 Å². The minimum atomic E-state index is -0.493. The van der Waals surface area contributed by atoms with Crippen LogP contribution in [0.2, 0.25) is 0 Å². The van der Waals surface area contributed by atoms with Crippen molar-refractivity contribution in [3.63, 3.8) is 0 Å². The third-order valence-electron chi connectivity index (χ3n) is 3.73. The van der Waals surface area contributed by atoms with Crippen LogP contribution in [0.3, 0.4) is 0 Å². The quantitative estimate of drug-likeness (QED) is 0.675. The number of rotatable bonds is 0. The summed E-state index contributed by atoms with van der Waals surface area (Å²) in [5, 5.41) is 9.23. The Morgan fingerprint density at radius 2 is 2.26 bits per heavy atom. The first-order chi connectivity index (χ1) is 8.86. The number of ether oxygens (including phenoxy) is 2. The number of carbonyl (C=O) groups excluding carboxylic acids is 1. The van der Waals surface area contributed by atoms with Crippen molar-refractivity contribution < 1.29 is 14.3 Å². The summed E-state index contributed by atoms with van der Waals surface area (Å²) in [5.41, 5.74) is -0.962. The number of carbonyl (C=O) groups is 1. The van der Waals surface area contributed by atoms with Crippen LogP contribution < -0.4 is 0 Å². The first-order valence-electron chi connectivity index (χ1n) is 6.88. The number of amides is 1. The van der Waals surface area contributed by atoms with E-state index in [4.69, 9.17) is 9.47 Å². The molecular formula is C14H22N2O3. The van der Waals surface area contributed by atoms with Gasteiger partial charge in [-0.25, -0.2) is 4.79 Å². The maximum absolute atomic E-state index is 12.1. The van der Waals surface area contributed by atoms with Gasteiger partial charge in [-0.15, -0.1) is 0 Å². The van der Waals surface area contributed by atoms with Gasteiger partial charge in [0, 0.05) is 13.2 Å². The Labute approximate surface area is 114 Å². The lowest BCUT2D eigenvalue weighted by molar-refractivity contribution is -0.0683. The third kappa shape index (κ3) is 3.01. The second-order valence-corrected chi connectivity index (χ2v) is 6.39. The maximum atomic E-state index is 12.1. The molecular weight excluding hydrogens is 244 g/mol. The van der Waals surface area contributed by atoms with E-state index in [9.17, 15) is 10.1 Å². The summed E-state index contributed by atoms with van der Waals surface area (Å²) in [6, 6.07) is 2.33. The fourth-order valence-corrected chi connectivity index (χ4v) is 2.86. The predicted octanol–water partition coefficient (Wildman–Crippen LogP) is 2.32. The Morgan fingerprint density at radius 1 is 1.53 bits per heavy atom. The number of nitriles is 1. The molecule has 2 aliphatic heterocycles. The van der Waals surface area contributed by atoms with Crippen molar-refractivity contribution in [3.05, 3.63) is 0 Å². The van der Waals surface area contributed by atoms with Gasteiger partial charge in [0.2, 0.25) is 0 Å². The highest BCUT2D eigenvalue weighted by atomic mass is 16.6.